The number of aliphatic carboxylic acids is 1. The Morgan fingerprint density at radius 1 is 1.60 bits per heavy atom. The third-order valence-corrected chi connectivity index (χ3v) is 2.40. The van der Waals surface area contributed by atoms with E-state index in [0.29, 0.717) is 18.4 Å². The first-order chi connectivity index (χ1) is 7.15. The van der Waals surface area contributed by atoms with Crippen LogP contribution in [-0.2, 0) is 4.79 Å². The number of carboxylic acids is 1. The van der Waals surface area contributed by atoms with Crippen LogP contribution in [0.3, 0.4) is 0 Å². The Morgan fingerprint density at radius 3 is 2.93 bits per heavy atom. The molecule has 0 saturated heterocycles. The van der Waals surface area contributed by atoms with Gasteiger partial charge in [-0.2, -0.15) is 0 Å². The molecule has 0 aromatic heterocycles. The van der Waals surface area contributed by atoms with Gasteiger partial charge >= 0.3 is 5.97 Å². The van der Waals surface area contributed by atoms with Crippen LogP contribution in [0.2, 0.25) is 0 Å². The van der Waals surface area contributed by atoms with Crippen LogP contribution in [0, 0.1) is 11.8 Å². The first kappa shape index (κ1) is 11.8. The average Bonchev–Trinajstić information content (AvgIpc) is 2.20. The van der Waals surface area contributed by atoms with Gasteiger partial charge in [0, 0.05) is 18.4 Å². The van der Waals surface area contributed by atoms with E-state index >= 15 is 0 Å². The third kappa shape index (κ3) is 3.41. The molecule has 0 heterocycles. The number of aliphatic hydroxyl groups excluding tert-OH is 1. The van der Waals surface area contributed by atoms with Crippen molar-refractivity contribution in [2.24, 2.45) is 0 Å². The SMILES string of the molecule is CCCC#CC1=C(C(=O)O)CC(O)CC1. The number of rotatable bonds is 2. The molecule has 0 amide bonds. The molecule has 1 atom stereocenters. The average molecular weight is 208 g/mol. The summed E-state index contributed by atoms with van der Waals surface area (Å²) in [5.41, 5.74) is 0.985. The van der Waals surface area contributed by atoms with Gasteiger partial charge in [0.15, 0.2) is 0 Å². The molecule has 1 aliphatic rings. The third-order valence-electron chi connectivity index (χ3n) is 2.40. The Morgan fingerprint density at radius 2 is 2.33 bits per heavy atom. The zero-order chi connectivity index (χ0) is 11.3. The molecule has 0 spiro atoms. The van der Waals surface area contributed by atoms with Gasteiger partial charge in [-0.15, -0.1) is 0 Å². The van der Waals surface area contributed by atoms with Crippen LogP contribution in [0.15, 0.2) is 11.1 Å². The lowest BCUT2D eigenvalue weighted by Crippen LogP contribution is -2.19. The molecule has 0 saturated carbocycles. The molecule has 0 radical (unpaired) electrons. The molecular formula is C12H16O3. The highest BCUT2D eigenvalue weighted by Gasteiger charge is 2.22. The maximum Gasteiger partial charge on any atom is 0.332 e. The predicted molar refractivity (Wildman–Crippen MR) is 57.2 cm³/mol. The van der Waals surface area contributed by atoms with E-state index in [-0.39, 0.29) is 12.0 Å². The summed E-state index contributed by atoms with van der Waals surface area (Å²) in [6.45, 7) is 2.03. The van der Waals surface area contributed by atoms with Crippen molar-refractivity contribution in [1.29, 1.82) is 0 Å². The van der Waals surface area contributed by atoms with Crippen molar-refractivity contribution in [3.63, 3.8) is 0 Å². The molecular weight excluding hydrogens is 192 g/mol. The van der Waals surface area contributed by atoms with Crippen molar-refractivity contribution in [3.8, 4) is 11.8 Å². The normalized spacial score (nSPS) is 20.8. The van der Waals surface area contributed by atoms with Crippen molar-refractivity contribution in [3.05, 3.63) is 11.1 Å². The second-order valence-electron chi connectivity index (χ2n) is 3.71. The first-order valence-corrected chi connectivity index (χ1v) is 5.27. The fourth-order valence-corrected chi connectivity index (χ4v) is 1.57. The van der Waals surface area contributed by atoms with Crippen LogP contribution >= 0.6 is 0 Å². The van der Waals surface area contributed by atoms with E-state index < -0.39 is 12.1 Å². The molecule has 0 aromatic rings. The van der Waals surface area contributed by atoms with Gasteiger partial charge in [-0.05, 0) is 19.3 Å². The lowest BCUT2D eigenvalue weighted by Gasteiger charge is -2.18. The molecule has 2 N–H and O–H groups in total. The molecule has 0 bridgehead atoms. The molecule has 0 aliphatic heterocycles. The zero-order valence-corrected chi connectivity index (χ0v) is 8.92. The quantitative estimate of drug-likeness (QED) is 0.679. The van der Waals surface area contributed by atoms with Crippen LogP contribution in [0.25, 0.3) is 0 Å². The van der Waals surface area contributed by atoms with Gasteiger partial charge in [0.2, 0.25) is 0 Å². The number of allylic oxidation sites excluding steroid dienone is 1. The Balaban J connectivity index is 2.85. The molecule has 3 heteroatoms. The van der Waals surface area contributed by atoms with Crippen LogP contribution in [0.5, 0.6) is 0 Å². The summed E-state index contributed by atoms with van der Waals surface area (Å²) in [4.78, 5) is 10.9. The van der Waals surface area contributed by atoms with Crippen LogP contribution in [0.4, 0.5) is 0 Å². The topological polar surface area (TPSA) is 57.5 Å². The number of carbonyl (C=O) groups is 1. The zero-order valence-electron chi connectivity index (χ0n) is 8.92. The minimum atomic E-state index is -0.949. The van der Waals surface area contributed by atoms with E-state index in [1.807, 2.05) is 6.92 Å². The Hall–Kier alpha value is -1.27. The van der Waals surface area contributed by atoms with E-state index in [1.165, 1.54) is 0 Å². The van der Waals surface area contributed by atoms with Gasteiger partial charge in [0.05, 0.1) is 11.7 Å². The fourth-order valence-electron chi connectivity index (χ4n) is 1.57. The number of aliphatic hydroxyl groups is 1. The molecule has 1 unspecified atom stereocenters. The minimum Gasteiger partial charge on any atom is -0.478 e. The number of hydrogen-bond donors (Lipinski definition) is 2. The molecule has 15 heavy (non-hydrogen) atoms. The second-order valence-corrected chi connectivity index (χ2v) is 3.71. The first-order valence-electron chi connectivity index (χ1n) is 5.27. The van der Waals surface area contributed by atoms with Crippen molar-refractivity contribution >= 4 is 5.97 Å². The highest BCUT2D eigenvalue weighted by molar-refractivity contribution is 5.89. The fraction of sp³-hybridized carbons (Fsp3) is 0.583. The second kappa shape index (κ2) is 5.57. The lowest BCUT2D eigenvalue weighted by molar-refractivity contribution is -0.133. The number of carboxylic acid groups (broad SMARTS) is 1. The molecule has 82 valence electrons. The Labute approximate surface area is 89.8 Å². The van der Waals surface area contributed by atoms with Gasteiger partial charge in [-0.25, -0.2) is 4.79 Å². The largest absolute Gasteiger partial charge is 0.478 e. The smallest absolute Gasteiger partial charge is 0.332 e. The van der Waals surface area contributed by atoms with E-state index in [0.717, 1.165) is 12.8 Å². The molecule has 1 rings (SSSR count). The highest BCUT2D eigenvalue weighted by Crippen LogP contribution is 2.24. The Kier molecular flexibility index (Phi) is 4.38. The highest BCUT2D eigenvalue weighted by atomic mass is 16.4. The molecule has 0 aromatic carbocycles. The summed E-state index contributed by atoms with van der Waals surface area (Å²) in [6.07, 6.45) is 2.68. The predicted octanol–water partition coefficient (Wildman–Crippen LogP) is 1.72. The maximum absolute atomic E-state index is 10.9. The summed E-state index contributed by atoms with van der Waals surface area (Å²) in [5, 5.41) is 18.3. The van der Waals surface area contributed by atoms with E-state index in [2.05, 4.69) is 11.8 Å². The van der Waals surface area contributed by atoms with E-state index in [1.54, 1.807) is 0 Å². The summed E-state index contributed by atoms with van der Waals surface area (Å²) in [5.74, 6) is 4.91. The standard InChI is InChI=1S/C12H16O3/c1-2-3-4-5-9-6-7-10(13)8-11(9)12(14)15/h10,13H,2-3,6-8H2,1H3,(H,14,15). The monoisotopic (exact) mass is 208 g/mol. The van der Waals surface area contributed by atoms with Crippen molar-refractivity contribution in [2.75, 3.05) is 0 Å². The number of unbranched alkanes of at least 4 members (excludes halogenated alkanes) is 1. The van der Waals surface area contributed by atoms with Crippen molar-refractivity contribution < 1.29 is 15.0 Å². The summed E-state index contributed by atoms with van der Waals surface area (Å²) in [7, 11) is 0. The van der Waals surface area contributed by atoms with Gasteiger partial charge in [0.1, 0.15) is 0 Å². The summed E-state index contributed by atoms with van der Waals surface area (Å²) in [6, 6.07) is 0. The molecule has 3 nitrogen and oxygen atoms in total. The summed E-state index contributed by atoms with van der Waals surface area (Å²) >= 11 is 0. The molecule has 0 fully saturated rings. The van der Waals surface area contributed by atoms with Crippen LogP contribution < -0.4 is 0 Å². The summed E-state index contributed by atoms with van der Waals surface area (Å²) < 4.78 is 0. The Bertz CT molecular complexity index is 331. The maximum atomic E-state index is 10.9. The van der Waals surface area contributed by atoms with Crippen molar-refractivity contribution in [1.82, 2.24) is 0 Å². The van der Waals surface area contributed by atoms with Crippen LogP contribution in [0.1, 0.15) is 39.0 Å². The minimum absolute atomic E-state index is 0.228. The van der Waals surface area contributed by atoms with Gasteiger partial charge in [0.25, 0.3) is 0 Å². The van der Waals surface area contributed by atoms with Gasteiger partial charge in [-0.1, -0.05) is 18.8 Å². The molecule has 1 aliphatic carbocycles. The van der Waals surface area contributed by atoms with Gasteiger partial charge < -0.3 is 10.2 Å². The van der Waals surface area contributed by atoms with Crippen molar-refractivity contribution in [2.45, 2.75) is 45.1 Å². The van der Waals surface area contributed by atoms with E-state index in [4.69, 9.17) is 5.11 Å². The van der Waals surface area contributed by atoms with E-state index in [9.17, 15) is 9.90 Å². The van der Waals surface area contributed by atoms with Gasteiger partial charge in [-0.3, -0.25) is 0 Å². The lowest BCUT2D eigenvalue weighted by atomic mass is 9.90. The number of hydrogen-bond acceptors (Lipinski definition) is 2. The van der Waals surface area contributed by atoms with Crippen LogP contribution in [-0.4, -0.2) is 22.3 Å².